The normalized spacial score (nSPS) is 16.1. The zero-order valence-corrected chi connectivity index (χ0v) is 11.5. The van der Waals surface area contributed by atoms with Crippen LogP contribution in [0, 0.1) is 0 Å². The smallest absolute Gasteiger partial charge is 0.269 e. The van der Waals surface area contributed by atoms with E-state index in [2.05, 4.69) is 22.7 Å². The standard InChI is InChI=1S/C14H22N4O/c1-2-8-15-13-12(7-6-9-16-13)14(19)17-18-10-4-3-5-11-18/h6-7,9H,2-5,8,10-11H2,1H3,(H,15,16)(H,17,19). The third-order valence-electron chi connectivity index (χ3n) is 3.21. The van der Waals surface area contributed by atoms with E-state index in [1.807, 2.05) is 11.1 Å². The maximum Gasteiger partial charge on any atom is 0.269 e. The molecule has 2 heterocycles. The Labute approximate surface area is 114 Å². The van der Waals surface area contributed by atoms with Gasteiger partial charge in [0.1, 0.15) is 5.82 Å². The lowest BCUT2D eigenvalue weighted by molar-refractivity contribution is 0.0750. The van der Waals surface area contributed by atoms with Crippen LogP contribution >= 0.6 is 0 Å². The summed E-state index contributed by atoms with van der Waals surface area (Å²) in [6.45, 7) is 4.78. The van der Waals surface area contributed by atoms with Crippen LogP contribution in [0.1, 0.15) is 43.0 Å². The van der Waals surface area contributed by atoms with Gasteiger partial charge in [0.2, 0.25) is 0 Å². The fourth-order valence-electron chi connectivity index (χ4n) is 2.18. The molecule has 0 atom stereocenters. The Morgan fingerprint density at radius 2 is 2.16 bits per heavy atom. The Kier molecular flexibility index (Phi) is 5.15. The minimum absolute atomic E-state index is 0.0754. The molecule has 0 bridgehead atoms. The summed E-state index contributed by atoms with van der Waals surface area (Å²) in [5.41, 5.74) is 3.58. The van der Waals surface area contributed by atoms with E-state index < -0.39 is 0 Å². The second-order valence-electron chi connectivity index (χ2n) is 4.81. The molecule has 1 amide bonds. The summed E-state index contributed by atoms with van der Waals surface area (Å²) in [5, 5.41) is 5.19. The number of hydrogen-bond acceptors (Lipinski definition) is 4. The van der Waals surface area contributed by atoms with Crippen LogP contribution in [-0.4, -0.2) is 35.5 Å². The number of nitrogens with one attached hydrogen (secondary N) is 2. The molecular formula is C14H22N4O. The Hall–Kier alpha value is -1.62. The predicted molar refractivity (Wildman–Crippen MR) is 75.9 cm³/mol. The van der Waals surface area contributed by atoms with Crippen LogP contribution in [0.3, 0.4) is 0 Å². The average molecular weight is 262 g/mol. The molecule has 19 heavy (non-hydrogen) atoms. The molecule has 1 aliphatic heterocycles. The van der Waals surface area contributed by atoms with Gasteiger partial charge in [0.15, 0.2) is 0 Å². The summed E-state index contributed by atoms with van der Waals surface area (Å²) in [7, 11) is 0. The van der Waals surface area contributed by atoms with Crippen molar-refractivity contribution < 1.29 is 4.79 Å². The van der Waals surface area contributed by atoms with Gasteiger partial charge >= 0.3 is 0 Å². The number of nitrogens with zero attached hydrogens (tertiary/aromatic N) is 2. The monoisotopic (exact) mass is 262 g/mol. The number of hydrazine groups is 1. The van der Waals surface area contributed by atoms with Crippen molar-refractivity contribution >= 4 is 11.7 Å². The van der Waals surface area contributed by atoms with Crippen LogP contribution < -0.4 is 10.7 Å². The maximum atomic E-state index is 12.3. The van der Waals surface area contributed by atoms with Gasteiger partial charge in [-0.3, -0.25) is 10.2 Å². The van der Waals surface area contributed by atoms with Crippen molar-refractivity contribution in [2.75, 3.05) is 25.0 Å². The van der Waals surface area contributed by atoms with E-state index in [0.29, 0.717) is 11.4 Å². The number of carbonyl (C=O) groups excluding carboxylic acids is 1. The van der Waals surface area contributed by atoms with Gasteiger partial charge < -0.3 is 5.32 Å². The Bertz CT molecular complexity index is 416. The van der Waals surface area contributed by atoms with Gasteiger partial charge in [-0.05, 0) is 31.4 Å². The Morgan fingerprint density at radius 3 is 2.89 bits per heavy atom. The summed E-state index contributed by atoms with van der Waals surface area (Å²) >= 11 is 0. The lowest BCUT2D eigenvalue weighted by Crippen LogP contribution is -2.45. The lowest BCUT2D eigenvalue weighted by atomic mass is 10.2. The molecule has 0 unspecified atom stereocenters. The molecule has 104 valence electrons. The van der Waals surface area contributed by atoms with E-state index in [1.54, 1.807) is 12.3 Å². The molecule has 0 saturated carbocycles. The lowest BCUT2D eigenvalue weighted by Gasteiger charge is -2.27. The van der Waals surface area contributed by atoms with Crippen LogP contribution in [0.25, 0.3) is 0 Å². The highest BCUT2D eigenvalue weighted by molar-refractivity contribution is 5.98. The molecule has 0 aromatic carbocycles. The fraction of sp³-hybridized carbons (Fsp3) is 0.571. The first-order chi connectivity index (χ1) is 9.31. The average Bonchev–Trinajstić information content (AvgIpc) is 2.46. The molecule has 1 saturated heterocycles. The number of amides is 1. The van der Waals surface area contributed by atoms with Crippen LogP contribution in [0.2, 0.25) is 0 Å². The van der Waals surface area contributed by atoms with E-state index in [4.69, 9.17) is 0 Å². The third kappa shape index (κ3) is 3.92. The molecule has 1 aliphatic rings. The van der Waals surface area contributed by atoms with Gasteiger partial charge in [-0.25, -0.2) is 9.99 Å². The zero-order valence-electron chi connectivity index (χ0n) is 11.5. The van der Waals surface area contributed by atoms with Gasteiger partial charge in [0.25, 0.3) is 5.91 Å². The van der Waals surface area contributed by atoms with Crippen molar-refractivity contribution in [2.24, 2.45) is 0 Å². The van der Waals surface area contributed by atoms with Crippen molar-refractivity contribution in [3.63, 3.8) is 0 Å². The van der Waals surface area contributed by atoms with Crippen LogP contribution in [-0.2, 0) is 0 Å². The molecule has 2 N–H and O–H groups in total. The Balaban J connectivity index is 2.00. The number of hydrogen-bond donors (Lipinski definition) is 2. The largest absolute Gasteiger partial charge is 0.369 e. The first-order valence-corrected chi connectivity index (χ1v) is 7.06. The molecule has 1 aromatic rings. The number of piperidine rings is 1. The molecule has 1 aromatic heterocycles. The van der Waals surface area contributed by atoms with Crippen molar-refractivity contribution in [3.05, 3.63) is 23.9 Å². The van der Waals surface area contributed by atoms with Gasteiger partial charge in [-0.2, -0.15) is 0 Å². The quantitative estimate of drug-likeness (QED) is 0.852. The second kappa shape index (κ2) is 7.09. The molecule has 0 spiro atoms. The highest BCUT2D eigenvalue weighted by atomic mass is 16.2. The minimum Gasteiger partial charge on any atom is -0.369 e. The summed E-state index contributed by atoms with van der Waals surface area (Å²) in [4.78, 5) is 16.5. The van der Waals surface area contributed by atoms with Crippen molar-refractivity contribution in [1.82, 2.24) is 15.4 Å². The van der Waals surface area contributed by atoms with Gasteiger partial charge in [-0.15, -0.1) is 0 Å². The van der Waals surface area contributed by atoms with E-state index >= 15 is 0 Å². The first-order valence-electron chi connectivity index (χ1n) is 7.06. The van der Waals surface area contributed by atoms with Crippen LogP contribution in [0.5, 0.6) is 0 Å². The van der Waals surface area contributed by atoms with Crippen molar-refractivity contribution in [3.8, 4) is 0 Å². The minimum atomic E-state index is -0.0754. The van der Waals surface area contributed by atoms with E-state index in [9.17, 15) is 4.79 Å². The molecule has 1 fully saturated rings. The molecule has 0 aliphatic carbocycles. The first kappa shape index (κ1) is 13.8. The van der Waals surface area contributed by atoms with Crippen molar-refractivity contribution in [2.45, 2.75) is 32.6 Å². The number of rotatable bonds is 5. The zero-order chi connectivity index (χ0) is 13.5. The topological polar surface area (TPSA) is 57.3 Å². The fourth-order valence-corrected chi connectivity index (χ4v) is 2.18. The van der Waals surface area contributed by atoms with E-state index in [0.717, 1.165) is 38.9 Å². The van der Waals surface area contributed by atoms with Crippen LogP contribution in [0.4, 0.5) is 5.82 Å². The van der Waals surface area contributed by atoms with E-state index in [1.165, 1.54) is 6.42 Å². The molecule has 5 heteroatoms. The molecular weight excluding hydrogens is 240 g/mol. The van der Waals surface area contributed by atoms with Crippen molar-refractivity contribution in [1.29, 1.82) is 0 Å². The summed E-state index contributed by atoms with van der Waals surface area (Å²) in [6.07, 6.45) is 6.25. The predicted octanol–water partition coefficient (Wildman–Crippen LogP) is 2.03. The van der Waals surface area contributed by atoms with E-state index in [-0.39, 0.29) is 5.91 Å². The van der Waals surface area contributed by atoms with Gasteiger partial charge in [0, 0.05) is 25.8 Å². The molecule has 0 radical (unpaired) electrons. The van der Waals surface area contributed by atoms with Gasteiger partial charge in [0.05, 0.1) is 5.56 Å². The summed E-state index contributed by atoms with van der Waals surface area (Å²) in [6, 6.07) is 3.60. The number of anilines is 1. The van der Waals surface area contributed by atoms with Crippen LogP contribution in [0.15, 0.2) is 18.3 Å². The molecule has 5 nitrogen and oxygen atoms in total. The highest BCUT2D eigenvalue weighted by Crippen LogP contribution is 2.12. The number of carbonyl (C=O) groups is 1. The maximum absolute atomic E-state index is 12.3. The summed E-state index contributed by atoms with van der Waals surface area (Å²) in [5.74, 6) is 0.590. The summed E-state index contributed by atoms with van der Waals surface area (Å²) < 4.78 is 0. The highest BCUT2D eigenvalue weighted by Gasteiger charge is 2.16. The second-order valence-corrected chi connectivity index (χ2v) is 4.81. The SMILES string of the molecule is CCCNc1ncccc1C(=O)NN1CCCCC1. The Morgan fingerprint density at radius 1 is 1.37 bits per heavy atom. The number of aromatic nitrogens is 1. The molecule has 2 rings (SSSR count). The van der Waals surface area contributed by atoms with Gasteiger partial charge in [-0.1, -0.05) is 13.3 Å². The third-order valence-corrected chi connectivity index (χ3v) is 3.21. The number of pyridine rings is 1.